The first-order chi connectivity index (χ1) is 13.0. The van der Waals surface area contributed by atoms with E-state index in [0.717, 1.165) is 16.9 Å². The molecule has 27 heavy (non-hydrogen) atoms. The molecule has 1 amide bonds. The minimum absolute atomic E-state index is 0.139. The summed E-state index contributed by atoms with van der Waals surface area (Å²) in [5.41, 5.74) is 2.72. The Balaban J connectivity index is 1.56. The highest BCUT2D eigenvalue weighted by Gasteiger charge is 2.06. The van der Waals surface area contributed by atoms with Gasteiger partial charge >= 0.3 is 0 Å². The zero-order valence-electron chi connectivity index (χ0n) is 15.1. The second-order valence-corrected chi connectivity index (χ2v) is 6.22. The lowest BCUT2D eigenvalue weighted by molar-refractivity contribution is -0.115. The molecular formula is C20H20FN5O. The highest BCUT2D eigenvalue weighted by atomic mass is 19.1. The number of hydrogen-bond acceptors (Lipinski definition) is 5. The quantitative estimate of drug-likeness (QED) is 0.698. The van der Waals surface area contributed by atoms with Gasteiger partial charge in [-0.1, -0.05) is 12.1 Å². The van der Waals surface area contributed by atoms with Gasteiger partial charge in [-0.25, -0.2) is 4.39 Å². The second-order valence-electron chi connectivity index (χ2n) is 6.22. The fraction of sp³-hybridized carbons (Fsp3) is 0.150. The summed E-state index contributed by atoms with van der Waals surface area (Å²) < 4.78 is 12.9. The first-order valence-corrected chi connectivity index (χ1v) is 8.42. The van der Waals surface area contributed by atoms with Crippen molar-refractivity contribution in [3.63, 3.8) is 0 Å². The van der Waals surface area contributed by atoms with Crippen molar-refractivity contribution in [1.82, 2.24) is 10.2 Å². The third kappa shape index (κ3) is 5.24. The molecule has 138 valence electrons. The topological polar surface area (TPSA) is 70.2 Å². The molecule has 0 saturated carbocycles. The molecule has 0 unspecified atom stereocenters. The Hall–Kier alpha value is -3.48. The molecule has 0 aliphatic heterocycles. The predicted molar refractivity (Wildman–Crippen MR) is 105 cm³/mol. The van der Waals surface area contributed by atoms with Crippen LogP contribution in [0, 0.1) is 5.82 Å². The summed E-state index contributed by atoms with van der Waals surface area (Å²) in [7, 11) is 3.97. The van der Waals surface area contributed by atoms with Gasteiger partial charge in [0.2, 0.25) is 5.91 Å². The number of carbonyl (C=O) groups is 1. The van der Waals surface area contributed by atoms with Gasteiger partial charge in [0, 0.05) is 25.5 Å². The van der Waals surface area contributed by atoms with Crippen LogP contribution >= 0.6 is 0 Å². The number of anilines is 4. The van der Waals surface area contributed by atoms with Crippen LogP contribution in [0.15, 0.2) is 60.7 Å². The highest BCUT2D eigenvalue weighted by Crippen LogP contribution is 2.19. The van der Waals surface area contributed by atoms with E-state index in [1.165, 1.54) is 12.1 Å². The van der Waals surface area contributed by atoms with Crippen LogP contribution in [-0.2, 0) is 11.2 Å². The highest BCUT2D eigenvalue weighted by molar-refractivity contribution is 5.91. The molecule has 0 aliphatic rings. The van der Waals surface area contributed by atoms with Gasteiger partial charge < -0.3 is 15.5 Å². The Morgan fingerprint density at radius 2 is 1.56 bits per heavy atom. The van der Waals surface area contributed by atoms with E-state index < -0.39 is 0 Å². The molecule has 0 aliphatic carbocycles. The second kappa shape index (κ2) is 8.27. The van der Waals surface area contributed by atoms with E-state index in [1.807, 2.05) is 43.3 Å². The molecule has 0 spiro atoms. The van der Waals surface area contributed by atoms with Crippen LogP contribution in [-0.4, -0.2) is 30.2 Å². The lowest BCUT2D eigenvalue weighted by Crippen LogP contribution is -2.15. The minimum atomic E-state index is -0.329. The van der Waals surface area contributed by atoms with E-state index in [2.05, 4.69) is 20.8 Å². The molecule has 6 nitrogen and oxygen atoms in total. The van der Waals surface area contributed by atoms with Crippen LogP contribution in [0.1, 0.15) is 5.56 Å². The van der Waals surface area contributed by atoms with Gasteiger partial charge in [0.1, 0.15) is 5.82 Å². The average molecular weight is 365 g/mol. The molecule has 0 saturated heterocycles. The minimum Gasteiger partial charge on any atom is -0.378 e. The Morgan fingerprint density at radius 3 is 2.15 bits per heavy atom. The van der Waals surface area contributed by atoms with Crippen LogP contribution in [0.4, 0.5) is 27.4 Å². The van der Waals surface area contributed by atoms with Gasteiger partial charge in [-0.3, -0.25) is 4.79 Å². The lowest BCUT2D eigenvalue weighted by Gasteiger charge is -2.13. The molecule has 0 atom stereocenters. The van der Waals surface area contributed by atoms with Crippen molar-refractivity contribution in [3.05, 3.63) is 72.0 Å². The van der Waals surface area contributed by atoms with Gasteiger partial charge in [0.15, 0.2) is 11.6 Å². The van der Waals surface area contributed by atoms with Crippen molar-refractivity contribution >= 4 is 28.9 Å². The fourth-order valence-corrected chi connectivity index (χ4v) is 2.43. The SMILES string of the molecule is CN(C)c1ccc(Nc2ccc(NC(=O)Cc3ccc(F)cc3)nn2)cc1. The first-order valence-electron chi connectivity index (χ1n) is 8.42. The van der Waals surface area contributed by atoms with E-state index in [9.17, 15) is 9.18 Å². The van der Waals surface area contributed by atoms with Crippen LogP contribution < -0.4 is 15.5 Å². The standard InChI is InChI=1S/C20H20FN5O/c1-26(2)17-9-7-16(8-10-17)22-18-11-12-19(25-24-18)23-20(27)13-14-3-5-15(21)6-4-14/h3-12H,13H2,1-2H3,(H,22,24)(H,23,25,27). The van der Waals surface area contributed by atoms with Crippen LogP contribution in [0.2, 0.25) is 0 Å². The first kappa shape index (κ1) is 18.3. The van der Waals surface area contributed by atoms with Gasteiger partial charge in [-0.2, -0.15) is 0 Å². The van der Waals surface area contributed by atoms with E-state index >= 15 is 0 Å². The number of benzene rings is 2. The molecule has 0 radical (unpaired) electrons. The molecule has 1 heterocycles. The number of hydrogen-bond donors (Lipinski definition) is 2. The van der Waals surface area contributed by atoms with Crippen molar-refractivity contribution in [2.24, 2.45) is 0 Å². The Bertz CT molecular complexity index is 893. The predicted octanol–water partition coefficient (Wildman–Crippen LogP) is 3.61. The van der Waals surface area contributed by atoms with Gasteiger partial charge in [0.05, 0.1) is 6.42 Å². The van der Waals surface area contributed by atoms with Crippen molar-refractivity contribution in [2.45, 2.75) is 6.42 Å². The van der Waals surface area contributed by atoms with Crippen molar-refractivity contribution < 1.29 is 9.18 Å². The summed E-state index contributed by atoms with van der Waals surface area (Å²) in [6.07, 6.45) is 0.139. The van der Waals surface area contributed by atoms with E-state index in [0.29, 0.717) is 11.6 Å². The Morgan fingerprint density at radius 1 is 0.926 bits per heavy atom. The average Bonchev–Trinajstić information content (AvgIpc) is 2.66. The maximum Gasteiger partial charge on any atom is 0.229 e. The number of halogens is 1. The molecule has 0 fully saturated rings. The van der Waals surface area contributed by atoms with Crippen LogP contribution in [0.5, 0.6) is 0 Å². The van der Waals surface area contributed by atoms with Gasteiger partial charge in [-0.15, -0.1) is 10.2 Å². The number of carbonyl (C=O) groups excluding carboxylic acids is 1. The zero-order valence-corrected chi connectivity index (χ0v) is 15.1. The third-order valence-corrected chi connectivity index (χ3v) is 3.87. The maximum atomic E-state index is 12.9. The summed E-state index contributed by atoms with van der Waals surface area (Å²) in [6, 6.07) is 17.1. The number of nitrogens with zero attached hydrogens (tertiary/aromatic N) is 3. The fourth-order valence-electron chi connectivity index (χ4n) is 2.43. The van der Waals surface area contributed by atoms with Gasteiger partial charge in [0.25, 0.3) is 0 Å². The van der Waals surface area contributed by atoms with Crippen molar-refractivity contribution in [3.8, 4) is 0 Å². The largest absolute Gasteiger partial charge is 0.378 e. The molecule has 1 aromatic heterocycles. The maximum absolute atomic E-state index is 12.9. The number of amides is 1. The van der Waals surface area contributed by atoms with Crippen molar-refractivity contribution in [1.29, 1.82) is 0 Å². The number of aromatic nitrogens is 2. The molecule has 3 rings (SSSR count). The molecule has 0 bridgehead atoms. The lowest BCUT2D eigenvalue weighted by atomic mass is 10.1. The third-order valence-electron chi connectivity index (χ3n) is 3.87. The Labute approximate surface area is 157 Å². The molecule has 3 aromatic rings. The molecule has 7 heteroatoms. The molecule has 2 aromatic carbocycles. The zero-order chi connectivity index (χ0) is 19.2. The summed E-state index contributed by atoms with van der Waals surface area (Å²) in [5.74, 6) is 0.361. The summed E-state index contributed by atoms with van der Waals surface area (Å²) in [4.78, 5) is 14.1. The van der Waals surface area contributed by atoms with Crippen LogP contribution in [0.3, 0.4) is 0 Å². The monoisotopic (exact) mass is 365 g/mol. The van der Waals surface area contributed by atoms with E-state index in [-0.39, 0.29) is 18.1 Å². The smallest absolute Gasteiger partial charge is 0.229 e. The van der Waals surface area contributed by atoms with Gasteiger partial charge in [-0.05, 0) is 54.1 Å². The van der Waals surface area contributed by atoms with Crippen LogP contribution in [0.25, 0.3) is 0 Å². The molecule has 2 N–H and O–H groups in total. The number of rotatable bonds is 6. The Kier molecular flexibility index (Phi) is 5.61. The summed E-state index contributed by atoms with van der Waals surface area (Å²) in [6.45, 7) is 0. The normalized spacial score (nSPS) is 10.3. The summed E-state index contributed by atoms with van der Waals surface area (Å²) in [5, 5.41) is 13.9. The van der Waals surface area contributed by atoms with Crippen molar-refractivity contribution in [2.75, 3.05) is 29.6 Å². The molecular weight excluding hydrogens is 345 g/mol. The van der Waals surface area contributed by atoms with E-state index in [4.69, 9.17) is 0 Å². The summed E-state index contributed by atoms with van der Waals surface area (Å²) >= 11 is 0. The van der Waals surface area contributed by atoms with E-state index in [1.54, 1.807) is 24.3 Å². The number of nitrogens with one attached hydrogen (secondary N) is 2.